The van der Waals surface area contributed by atoms with Crippen LogP contribution in [0.1, 0.15) is 23.0 Å². The number of pyridine rings is 3. The summed E-state index contributed by atoms with van der Waals surface area (Å²) in [6.07, 6.45) is 1.18. The second-order valence-electron chi connectivity index (χ2n) is 9.61. The van der Waals surface area contributed by atoms with Gasteiger partial charge in [-0.05, 0) is 43.3 Å². The van der Waals surface area contributed by atoms with Gasteiger partial charge in [0.25, 0.3) is 5.91 Å². The number of hydrogen-bond donors (Lipinski definition) is 2. The SMILES string of the molecule is CC(O)N1CCN(c2ccc3c(=O)c(C(=O)NCc4ccccn4)c4n(C)c5ccccc5n4c3n2)CC1. The van der Waals surface area contributed by atoms with Crippen molar-refractivity contribution >= 4 is 39.4 Å². The first-order valence-corrected chi connectivity index (χ1v) is 12.7. The number of aliphatic hydroxyl groups is 1. The van der Waals surface area contributed by atoms with Gasteiger partial charge in [-0.2, -0.15) is 0 Å². The highest BCUT2D eigenvalue weighted by molar-refractivity contribution is 6.05. The molecule has 5 heterocycles. The maximum atomic E-state index is 13.8. The summed E-state index contributed by atoms with van der Waals surface area (Å²) in [4.78, 5) is 40.8. The van der Waals surface area contributed by atoms with Gasteiger partial charge in [0.15, 0.2) is 5.65 Å². The lowest BCUT2D eigenvalue weighted by molar-refractivity contribution is 0.0152. The number of piperazine rings is 1. The minimum absolute atomic E-state index is 0.0761. The number of anilines is 1. The Bertz CT molecular complexity index is 1720. The molecule has 194 valence electrons. The van der Waals surface area contributed by atoms with Gasteiger partial charge in [0.2, 0.25) is 5.43 Å². The predicted molar refractivity (Wildman–Crippen MR) is 146 cm³/mol. The fourth-order valence-electron chi connectivity index (χ4n) is 5.30. The summed E-state index contributed by atoms with van der Waals surface area (Å²) >= 11 is 0. The van der Waals surface area contributed by atoms with Crippen LogP contribution < -0.4 is 15.6 Å². The van der Waals surface area contributed by atoms with E-state index in [0.29, 0.717) is 35.5 Å². The zero-order valence-corrected chi connectivity index (χ0v) is 21.3. The lowest BCUT2D eigenvalue weighted by Gasteiger charge is -2.36. The van der Waals surface area contributed by atoms with Crippen molar-refractivity contribution in [2.24, 2.45) is 7.05 Å². The van der Waals surface area contributed by atoms with Crippen LogP contribution in [-0.4, -0.2) is 67.3 Å². The van der Waals surface area contributed by atoms with E-state index in [2.05, 4.69) is 15.2 Å². The van der Waals surface area contributed by atoms with Crippen molar-refractivity contribution < 1.29 is 9.90 Å². The molecule has 0 aliphatic carbocycles. The van der Waals surface area contributed by atoms with Crippen LogP contribution in [0.4, 0.5) is 5.82 Å². The molecule has 1 unspecified atom stereocenters. The number of aryl methyl sites for hydroxylation is 1. The standard InChI is InChI=1S/C28H29N7O3/c1-18(36)33-13-15-34(16-14-33)23-11-10-20-25(37)24(27(38)30-17-19-7-5-6-12-29-19)28-32(2)21-8-3-4-9-22(21)35(28)26(20)31-23/h3-12,18,36H,13-17H2,1-2H3,(H,30,38). The molecule has 0 radical (unpaired) electrons. The Morgan fingerprint density at radius 2 is 1.76 bits per heavy atom. The average molecular weight is 512 g/mol. The van der Waals surface area contributed by atoms with Crippen LogP contribution in [0.15, 0.2) is 65.6 Å². The predicted octanol–water partition coefficient (Wildman–Crippen LogP) is 2.12. The number of hydrogen-bond acceptors (Lipinski definition) is 7. The van der Waals surface area contributed by atoms with E-state index in [1.165, 1.54) is 0 Å². The Morgan fingerprint density at radius 1 is 1.03 bits per heavy atom. The molecule has 0 bridgehead atoms. The van der Waals surface area contributed by atoms with Gasteiger partial charge in [-0.1, -0.05) is 18.2 Å². The van der Waals surface area contributed by atoms with Crippen LogP contribution in [-0.2, 0) is 13.6 Å². The summed E-state index contributed by atoms with van der Waals surface area (Å²) in [7, 11) is 1.86. The molecule has 38 heavy (non-hydrogen) atoms. The van der Waals surface area contributed by atoms with Gasteiger partial charge in [0.1, 0.15) is 23.3 Å². The average Bonchev–Trinajstić information content (AvgIpc) is 3.24. The molecule has 1 aromatic carbocycles. The molecular weight excluding hydrogens is 482 g/mol. The number of amides is 1. The number of benzene rings is 1. The van der Waals surface area contributed by atoms with Crippen molar-refractivity contribution in [3.8, 4) is 0 Å². The molecule has 1 saturated heterocycles. The highest BCUT2D eigenvalue weighted by Gasteiger charge is 2.26. The van der Waals surface area contributed by atoms with Gasteiger partial charge < -0.3 is 19.9 Å². The molecule has 1 aliphatic rings. The number of nitrogens with one attached hydrogen (secondary N) is 1. The van der Waals surface area contributed by atoms with Crippen LogP contribution >= 0.6 is 0 Å². The molecule has 0 saturated carbocycles. The van der Waals surface area contributed by atoms with E-state index >= 15 is 0 Å². The number of rotatable bonds is 5. The molecule has 1 amide bonds. The number of carbonyl (C=O) groups is 1. The topological polar surface area (TPSA) is 108 Å². The van der Waals surface area contributed by atoms with Crippen LogP contribution in [0.5, 0.6) is 0 Å². The van der Waals surface area contributed by atoms with Gasteiger partial charge >= 0.3 is 0 Å². The minimum Gasteiger partial charge on any atom is -0.379 e. The van der Waals surface area contributed by atoms with Gasteiger partial charge in [-0.15, -0.1) is 0 Å². The fourth-order valence-corrected chi connectivity index (χ4v) is 5.30. The van der Waals surface area contributed by atoms with E-state index in [4.69, 9.17) is 4.98 Å². The molecule has 1 atom stereocenters. The number of fused-ring (bicyclic) bond motifs is 5. The molecule has 5 aromatic rings. The van der Waals surface area contributed by atoms with Gasteiger partial charge in [0.05, 0.1) is 28.7 Å². The number of aliphatic hydroxyl groups excluding tert-OH is 1. The third kappa shape index (κ3) is 3.98. The summed E-state index contributed by atoms with van der Waals surface area (Å²) in [6.45, 7) is 4.85. The lowest BCUT2D eigenvalue weighted by Crippen LogP contribution is -2.49. The summed E-state index contributed by atoms with van der Waals surface area (Å²) < 4.78 is 3.79. The third-order valence-electron chi connectivity index (χ3n) is 7.33. The fraction of sp³-hybridized carbons (Fsp3) is 0.286. The van der Waals surface area contributed by atoms with E-state index in [-0.39, 0.29) is 17.5 Å². The van der Waals surface area contributed by atoms with Crippen LogP contribution in [0.3, 0.4) is 0 Å². The van der Waals surface area contributed by atoms with Crippen molar-refractivity contribution in [2.75, 3.05) is 31.1 Å². The van der Waals surface area contributed by atoms with E-state index in [9.17, 15) is 14.7 Å². The maximum absolute atomic E-state index is 13.8. The van der Waals surface area contributed by atoms with Crippen molar-refractivity contribution in [3.05, 3.63) is 82.3 Å². The number of para-hydroxylation sites is 2. The number of carbonyl (C=O) groups excluding carboxylic acids is 1. The molecule has 4 aromatic heterocycles. The Morgan fingerprint density at radius 3 is 2.47 bits per heavy atom. The summed E-state index contributed by atoms with van der Waals surface area (Å²) in [6, 6.07) is 16.9. The summed E-state index contributed by atoms with van der Waals surface area (Å²) in [5, 5.41) is 13.2. The first kappa shape index (κ1) is 24.1. The van der Waals surface area contributed by atoms with Crippen LogP contribution in [0.2, 0.25) is 0 Å². The van der Waals surface area contributed by atoms with Crippen LogP contribution in [0.25, 0.3) is 27.7 Å². The molecule has 6 rings (SSSR count). The molecular formula is C28H29N7O3. The monoisotopic (exact) mass is 511 g/mol. The molecule has 0 spiro atoms. The lowest BCUT2D eigenvalue weighted by atomic mass is 10.1. The Balaban J connectivity index is 1.50. The normalized spacial score (nSPS) is 15.4. The second-order valence-corrected chi connectivity index (χ2v) is 9.61. The molecule has 1 fully saturated rings. The first-order chi connectivity index (χ1) is 18.4. The molecule has 1 aliphatic heterocycles. The van der Waals surface area contributed by atoms with Crippen molar-refractivity contribution in [3.63, 3.8) is 0 Å². The number of aromatic nitrogens is 4. The Labute approximate surface area is 218 Å². The summed E-state index contributed by atoms with van der Waals surface area (Å²) in [5.74, 6) is 0.306. The van der Waals surface area contributed by atoms with Gasteiger partial charge in [-0.25, -0.2) is 4.98 Å². The Hall–Kier alpha value is -4.28. The quantitative estimate of drug-likeness (QED) is 0.372. The minimum atomic E-state index is -0.488. The smallest absolute Gasteiger partial charge is 0.259 e. The molecule has 10 nitrogen and oxygen atoms in total. The Kier molecular flexibility index (Phi) is 6.05. The van der Waals surface area contributed by atoms with Crippen molar-refractivity contribution in [1.29, 1.82) is 0 Å². The maximum Gasteiger partial charge on any atom is 0.259 e. The highest BCUT2D eigenvalue weighted by Crippen LogP contribution is 2.27. The molecule has 10 heteroatoms. The third-order valence-corrected chi connectivity index (χ3v) is 7.33. The van der Waals surface area contributed by atoms with E-state index in [0.717, 1.165) is 29.9 Å². The highest BCUT2D eigenvalue weighted by atomic mass is 16.3. The zero-order valence-electron chi connectivity index (χ0n) is 21.3. The first-order valence-electron chi connectivity index (χ1n) is 12.7. The van der Waals surface area contributed by atoms with Gasteiger partial charge in [0, 0.05) is 39.4 Å². The summed E-state index contributed by atoms with van der Waals surface area (Å²) in [5.41, 5.74) is 3.17. The van der Waals surface area contributed by atoms with Crippen molar-refractivity contribution in [1.82, 2.24) is 29.2 Å². The zero-order chi connectivity index (χ0) is 26.4. The number of imidazole rings is 1. The van der Waals surface area contributed by atoms with Crippen molar-refractivity contribution in [2.45, 2.75) is 19.7 Å². The van der Waals surface area contributed by atoms with Gasteiger partial charge in [-0.3, -0.25) is 23.9 Å². The van der Waals surface area contributed by atoms with E-state index < -0.39 is 12.1 Å². The second kappa shape index (κ2) is 9.55. The van der Waals surface area contributed by atoms with E-state index in [1.54, 1.807) is 19.2 Å². The largest absolute Gasteiger partial charge is 0.379 e. The van der Waals surface area contributed by atoms with E-state index in [1.807, 2.05) is 69.4 Å². The van der Waals surface area contributed by atoms with Crippen LogP contribution in [0, 0.1) is 0 Å². The molecule has 2 N–H and O–H groups in total. The number of nitrogens with zero attached hydrogens (tertiary/aromatic N) is 6.